The Balaban J connectivity index is 0.00000338. The number of anilines is 3. The monoisotopic (exact) mass is 787 g/mol. The summed E-state index contributed by atoms with van der Waals surface area (Å²) >= 11 is 0. The van der Waals surface area contributed by atoms with Gasteiger partial charge in [-0.3, -0.25) is 4.98 Å². The Labute approximate surface area is 285 Å². The van der Waals surface area contributed by atoms with E-state index in [4.69, 9.17) is 19.5 Å². The molecule has 0 saturated heterocycles. The predicted molar refractivity (Wildman–Crippen MR) is 177 cm³/mol. The molecule has 4 atom stereocenters. The van der Waals surface area contributed by atoms with Gasteiger partial charge in [-0.2, -0.15) is 6.07 Å². The minimum Gasteiger partial charge on any atom is -0.527 e. The van der Waals surface area contributed by atoms with Crippen molar-refractivity contribution in [3.8, 4) is 11.5 Å². The van der Waals surface area contributed by atoms with E-state index >= 15 is 0 Å². The fourth-order valence-corrected chi connectivity index (χ4v) is 7.21. The molecule has 4 heterocycles. The fourth-order valence-electron chi connectivity index (χ4n) is 7.21. The van der Waals surface area contributed by atoms with Gasteiger partial charge in [0, 0.05) is 35.0 Å². The summed E-state index contributed by atoms with van der Waals surface area (Å²) in [6, 6.07) is 25.8. The van der Waals surface area contributed by atoms with Gasteiger partial charge in [0.05, 0.1) is 6.04 Å². The molecule has 2 aliphatic heterocycles. The Morgan fingerprint density at radius 3 is 2.54 bits per heavy atom. The standard InChI is InChI=1S/C39H36N4O2.Pt/c1-38(2,3)25-16-18-41-35(21-25)43-32-13-9-8-12-29(32)39(4,5)30-15-14-26(23-33(30)43)44-27-17-19-40-31(22-27)37-42-36-28-11-7-6-10-24(28)20-34(36)45-37;/h6-19,21,24,28,34,36H,20H2,1-5H3;/q-2;+2/t24?,28?,34-,36+;/m0./s1. The molecular formula is C39H36N4O2Pt. The number of allylic oxidation sites excluding steroid dienone is 3. The second-order valence-corrected chi connectivity index (χ2v) is 13.9. The largest absolute Gasteiger partial charge is 2.00 e. The van der Waals surface area contributed by atoms with Crippen molar-refractivity contribution in [3.63, 3.8) is 0 Å². The van der Waals surface area contributed by atoms with E-state index in [9.17, 15) is 0 Å². The topological polar surface area (TPSA) is 59.8 Å². The van der Waals surface area contributed by atoms with Gasteiger partial charge in [-0.15, -0.1) is 23.8 Å². The van der Waals surface area contributed by atoms with Crippen molar-refractivity contribution in [2.45, 2.75) is 64.0 Å². The van der Waals surface area contributed by atoms with Crippen molar-refractivity contribution in [2.24, 2.45) is 16.8 Å². The first-order valence-corrected chi connectivity index (χ1v) is 15.8. The van der Waals surface area contributed by atoms with Crippen LogP contribution in [0.25, 0.3) is 0 Å². The Hall–Kier alpha value is -4.02. The van der Waals surface area contributed by atoms with E-state index < -0.39 is 0 Å². The Morgan fingerprint density at radius 1 is 0.913 bits per heavy atom. The van der Waals surface area contributed by atoms with Gasteiger partial charge < -0.3 is 19.4 Å². The normalized spacial score (nSPS) is 23.3. The maximum atomic E-state index is 6.41. The van der Waals surface area contributed by atoms with E-state index in [1.165, 1.54) is 11.1 Å². The quantitative estimate of drug-likeness (QED) is 0.194. The van der Waals surface area contributed by atoms with Gasteiger partial charge in [0.25, 0.3) is 0 Å². The fraction of sp³-hybridized carbons (Fsp3) is 0.308. The van der Waals surface area contributed by atoms with Crippen LogP contribution in [0.1, 0.15) is 63.4 Å². The molecule has 0 bridgehead atoms. The molecule has 0 amide bonds. The summed E-state index contributed by atoms with van der Waals surface area (Å²) in [4.78, 5) is 16.6. The number of hydrogen-bond donors (Lipinski definition) is 0. The van der Waals surface area contributed by atoms with Crippen LogP contribution in [0.15, 0.2) is 96.3 Å². The van der Waals surface area contributed by atoms with Crippen LogP contribution < -0.4 is 9.64 Å². The number of aliphatic imine (C=N–C) groups is 1. The third-order valence-corrected chi connectivity index (χ3v) is 9.65. The summed E-state index contributed by atoms with van der Waals surface area (Å²) in [6.45, 7) is 11.2. The van der Waals surface area contributed by atoms with Crippen LogP contribution in [0.5, 0.6) is 11.5 Å². The number of rotatable bonds is 4. The van der Waals surface area contributed by atoms with Crippen molar-refractivity contribution in [3.05, 3.63) is 126 Å². The van der Waals surface area contributed by atoms with Gasteiger partial charge in [0.1, 0.15) is 17.8 Å². The summed E-state index contributed by atoms with van der Waals surface area (Å²) in [7, 11) is 0. The van der Waals surface area contributed by atoms with Crippen LogP contribution in [-0.4, -0.2) is 28.0 Å². The molecule has 46 heavy (non-hydrogen) atoms. The molecule has 6 nitrogen and oxygen atoms in total. The average molecular weight is 788 g/mol. The average Bonchev–Trinajstić information content (AvgIpc) is 3.60. The van der Waals surface area contributed by atoms with E-state index in [1.807, 2.05) is 18.3 Å². The van der Waals surface area contributed by atoms with E-state index in [-0.39, 0.29) is 44.0 Å². The minimum atomic E-state index is -0.243. The molecule has 1 fully saturated rings. The molecule has 0 spiro atoms. The Kier molecular flexibility index (Phi) is 7.55. The molecule has 4 aromatic rings. The first kappa shape index (κ1) is 30.6. The molecule has 4 aliphatic rings. The van der Waals surface area contributed by atoms with Gasteiger partial charge in [-0.05, 0) is 58.7 Å². The number of pyridine rings is 2. The van der Waals surface area contributed by atoms with Crippen LogP contribution in [-0.2, 0) is 36.6 Å². The smallest absolute Gasteiger partial charge is 0.527 e. The van der Waals surface area contributed by atoms with Crippen molar-refractivity contribution in [1.29, 1.82) is 0 Å². The maximum Gasteiger partial charge on any atom is 2.00 e. The molecular weight excluding hydrogens is 752 g/mol. The molecule has 2 unspecified atom stereocenters. The second-order valence-electron chi connectivity index (χ2n) is 13.9. The van der Waals surface area contributed by atoms with Gasteiger partial charge in [-0.1, -0.05) is 88.9 Å². The summed E-state index contributed by atoms with van der Waals surface area (Å²) in [6.07, 6.45) is 13.4. The van der Waals surface area contributed by atoms with Gasteiger partial charge in [-0.25, -0.2) is 4.98 Å². The number of aromatic nitrogens is 2. The molecule has 0 N–H and O–H groups in total. The summed E-state index contributed by atoms with van der Waals surface area (Å²) in [5.41, 5.74) is 5.92. The van der Waals surface area contributed by atoms with E-state index in [0.29, 0.717) is 34.9 Å². The summed E-state index contributed by atoms with van der Waals surface area (Å²) in [5.74, 6) is 3.38. The summed E-state index contributed by atoms with van der Waals surface area (Å²) in [5, 5.41) is 0. The zero-order chi connectivity index (χ0) is 30.9. The van der Waals surface area contributed by atoms with Crippen LogP contribution in [0.4, 0.5) is 17.2 Å². The predicted octanol–water partition coefficient (Wildman–Crippen LogP) is 8.55. The van der Waals surface area contributed by atoms with Crippen LogP contribution >= 0.6 is 0 Å². The number of nitrogens with zero attached hydrogens (tertiary/aromatic N) is 4. The SMILES string of the molecule is CC(C)(C)c1ccnc(N2c3[c-]c(Oc4[c-]c(C5=N[C@@H]6C7C=CC=CC7C[C@@H]6O5)ncc4)ccc3C(C)(C)c3ccccc32)c1.[Pt+2]. The number of hydrogen-bond acceptors (Lipinski definition) is 6. The van der Waals surface area contributed by atoms with Crippen molar-refractivity contribution in [1.82, 2.24) is 9.97 Å². The van der Waals surface area contributed by atoms with Crippen molar-refractivity contribution < 1.29 is 30.5 Å². The van der Waals surface area contributed by atoms with Gasteiger partial charge >= 0.3 is 21.1 Å². The number of ether oxygens (including phenoxy) is 2. The van der Waals surface area contributed by atoms with Crippen LogP contribution in [0, 0.1) is 24.0 Å². The third-order valence-electron chi connectivity index (χ3n) is 9.65. The number of fused-ring (bicyclic) bond motifs is 5. The first-order valence-electron chi connectivity index (χ1n) is 15.8. The molecule has 0 radical (unpaired) electrons. The first-order chi connectivity index (χ1) is 21.7. The van der Waals surface area contributed by atoms with Gasteiger partial charge in [0.2, 0.25) is 0 Å². The van der Waals surface area contributed by atoms with Crippen LogP contribution in [0.2, 0.25) is 0 Å². The van der Waals surface area contributed by atoms with Crippen molar-refractivity contribution in [2.75, 3.05) is 4.90 Å². The van der Waals surface area contributed by atoms with Crippen molar-refractivity contribution >= 4 is 23.1 Å². The Bertz CT molecular complexity index is 1910. The molecule has 1 saturated carbocycles. The molecule has 2 aromatic heterocycles. The molecule has 8 rings (SSSR count). The third kappa shape index (κ3) is 5.11. The zero-order valence-electron chi connectivity index (χ0n) is 26.6. The summed E-state index contributed by atoms with van der Waals surface area (Å²) < 4.78 is 12.7. The van der Waals surface area contributed by atoms with Crippen LogP contribution in [0.3, 0.4) is 0 Å². The Morgan fingerprint density at radius 2 is 1.70 bits per heavy atom. The molecule has 234 valence electrons. The minimum absolute atomic E-state index is 0. The molecule has 7 heteroatoms. The molecule has 2 aliphatic carbocycles. The van der Waals surface area contributed by atoms with E-state index in [1.54, 1.807) is 6.20 Å². The number of para-hydroxylation sites is 1. The maximum absolute atomic E-state index is 6.41. The zero-order valence-corrected chi connectivity index (χ0v) is 28.9. The number of benzene rings is 2. The van der Waals surface area contributed by atoms with Gasteiger partial charge in [0.15, 0.2) is 0 Å². The molecule has 2 aromatic carbocycles. The van der Waals surface area contributed by atoms with E-state index in [0.717, 1.165) is 29.2 Å². The second kappa shape index (κ2) is 11.3. The van der Waals surface area contributed by atoms with E-state index in [2.05, 4.69) is 123 Å².